The molecular weight excluding hydrogens is 336 g/mol. The molecule has 0 amide bonds. The number of carbonyl (C=O) groups is 2. The summed E-state index contributed by atoms with van der Waals surface area (Å²) >= 11 is 0. The molecule has 7 nitrogen and oxygen atoms in total. The Hall–Kier alpha value is -2.96. The van der Waals surface area contributed by atoms with E-state index >= 15 is 0 Å². The number of aromatic nitrogens is 2. The zero-order chi connectivity index (χ0) is 18.8. The zero-order valence-electron chi connectivity index (χ0n) is 14.9. The molecule has 0 saturated heterocycles. The summed E-state index contributed by atoms with van der Waals surface area (Å²) in [6, 6.07) is 7.33. The highest BCUT2D eigenvalue weighted by Crippen LogP contribution is 2.26. The topological polar surface area (TPSA) is 87.6 Å². The minimum absolute atomic E-state index is 0.0500. The van der Waals surface area contributed by atoms with Crippen LogP contribution in [-0.2, 0) is 15.9 Å². The predicted molar refractivity (Wildman–Crippen MR) is 94.2 cm³/mol. The summed E-state index contributed by atoms with van der Waals surface area (Å²) in [6.07, 6.45) is 5.12. The number of hydrogen-bond donors (Lipinski definition) is 0. The maximum Gasteiger partial charge on any atom is 0.357 e. The molecule has 26 heavy (non-hydrogen) atoms. The van der Waals surface area contributed by atoms with E-state index in [1.54, 1.807) is 32.3 Å². The molecule has 138 valence electrons. The van der Waals surface area contributed by atoms with Crippen LogP contribution in [0.15, 0.2) is 36.7 Å². The van der Waals surface area contributed by atoms with Crippen LogP contribution in [0.1, 0.15) is 46.7 Å². The number of ether oxygens (including phenoxy) is 3. The molecule has 3 heterocycles. The molecule has 0 N–H and O–H groups in total. The Bertz CT molecular complexity index is 661. The standard InChI is InChI=1S/C14H17NO5.C5H5N/c1-3-18-13(16)10-8-9-6-5-7-20-12(9)15-11(10)14(17)19-4-2;1-2-4-6-5-3-1/h8H,3-7H2,1-2H3;1-5H. The van der Waals surface area contributed by atoms with E-state index in [1.165, 1.54) is 0 Å². The molecule has 0 bridgehead atoms. The van der Waals surface area contributed by atoms with Gasteiger partial charge in [-0.3, -0.25) is 4.98 Å². The van der Waals surface area contributed by atoms with Crippen molar-refractivity contribution in [1.29, 1.82) is 0 Å². The van der Waals surface area contributed by atoms with E-state index in [1.807, 2.05) is 18.2 Å². The van der Waals surface area contributed by atoms with Gasteiger partial charge in [0, 0.05) is 18.0 Å². The summed E-state index contributed by atoms with van der Waals surface area (Å²) in [6.45, 7) is 4.39. The van der Waals surface area contributed by atoms with Gasteiger partial charge in [0.1, 0.15) is 0 Å². The van der Waals surface area contributed by atoms with Gasteiger partial charge in [-0.2, -0.15) is 0 Å². The lowest BCUT2D eigenvalue weighted by atomic mass is 10.0. The Morgan fingerprint density at radius 1 is 1.08 bits per heavy atom. The molecule has 0 aromatic carbocycles. The van der Waals surface area contributed by atoms with Crippen molar-refractivity contribution < 1.29 is 23.8 Å². The molecule has 3 rings (SSSR count). The SMILES string of the molecule is CCOC(=O)c1cc2c(nc1C(=O)OCC)OCCC2.c1ccncc1. The molecule has 0 unspecified atom stereocenters. The first-order valence-corrected chi connectivity index (χ1v) is 8.53. The van der Waals surface area contributed by atoms with Gasteiger partial charge in [0.25, 0.3) is 0 Å². The lowest BCUT2D eigenvalue weighted by Gasteiger charge is -2.18. The highest BCUT2D eigenvalue weighted by Gasteiger charge is 2.25. The van der Waals surface area contributed by atoms with E-state index in [-0.39, 0.29) is 24.5 Å². The smallest absolute Gasteiger partial charge is 0.357 e. The van der Waals surface area contributed by atoms with E-state index < -0.39 is 11.9 Å². The average Bonchev–Trinajstić information content (AvgIpc) is 2.69. The molecule has 2 aromatic rings. The van der Waals surface area contributed by atoms with Crippen molar-refractivity contribution in [2.75, 3.05) is 19.8 Å². The fourth-order valence-electron chi connectivity index (χ4n) is 2.31. The maximum absolute atomic E-state index is 11.9. The minimum Gasteiger partial charge on any atom is -0.477 e. The number of hydrogen-bond acceptors (Lipinski definition) is 7. The number of rotatable bonds is 4. The lowest BCUT2D eigenvalue weighted by Crippen LogP contribution is -2.19. The van der Waals surface area contributed by atoms with Gasteiger partial charge in [0.05, 0.1) is 25.4 Å². The van der Waals surface area contributed by atoms with Gasteiger partial charge in [-0.1, -0.05) is 6.07 Å². The predicted octanol–water partition coefficient (Wildman–Crippen LogP) is 2.84. The number of aryl methyl sites for hydroxylation is 1. The summed E-state index contributed by atoms with van der Waals surface area (Å²) in [5.41, 5.74) is 0.896. The van der Waals surface area contributed by atoms with Gasteiger partial charge in [0.2, 0.25) is 5.88 Å². The van der Waals surface area contributed by atoms with Gasteiger partial charge in [0.15, 0.2) is 5.69 Å². The Labute approximate surface area is 152 Å². The number of fused-ring (bicyclic) bond motifs is 1. The van der Waals surface area contributed by atoms with Crippen LogP contribution in [0, 0.1) is 0 Å². The van der Waals surface area contributed by atoms with Crippen LogP contribution in [0.2, 0.25) is 0 Å². The van der Waals surface area contributed by atoms with Crippen LogP contribution in [0.3, 0.4) is 0 Å². The number of esters is 2. The molecule has 1 aliphatic rings. The quantitative estimate of drug-likeness (QED) is 0.777. The van der Waals surface area contributed by atoms with E-state index in [2.05, 4.69) is 9.97 Å². The third kappa shape index (κ3) is 5.27. The average molecular weight is 358 g/mol. The van der Waals surface area contributed by atoms with Crippen molar-refractivity contribution in [3.05, 3.63) is 53.5 Å². The Kier molecular flexibility index (Phi) is 7.54. The normalized spacial score (nSPS) is 11.9. The molecule has 0 fully saturated rings. The first-order valence-electron chi connectivity index (χ1n) is 8.53. The summed E-state index contributed by atoms with van der Waals surface area (Å²) in [5, 5.41) is 0. The zero-order valence-corrected chi connectivity index (χ0v) is 14.9. The van der Waals surface area contributed by atoms with Gasteiger partial charge in [-0.25, -0.2) is 14.6 Å². The van der Waals surface area contributed by atoms with E-state index in [0.717, 1.165) is 18.4 Å². The largest absolute Gasteiger partial charge is 0.477 e. The molecule has 0 spiro atoms. The molecule has 2 aromatic heterocycles. The molecule has 0 saturated carbocycles. The Balaban J connectivity index is 0.000000342. The molecule has 0 atom stereocenters. The van der Waals surface area contributed by atoms with Crippen LogP contribution < -0.4 is 4.74 Å². The van der Waals surface area contributed by atoms with Crippen molar-refractivity contribution in [3.8, 4) is 5.88 Å². The van der Waals surface area contributed by atoms with E-state index in [9.17, 15) is 9.59 Å². The van der Waals surface area contributed by atoms with Crippen molar-refractivity contribution in [3.63, 3.8) is 0 Å². The number of pyridine rings is 2. The van der Waals surface area contributed by atoms with Crippen molar-refractivity contribution in [1.82, 2.24) is 9.97 Å². The van der Waals surface area contributed by atoms with Crippen LogP contribution >= 0.6 is 0 Å². The number of carbonyl (C=O) groups excluding carboxylic acids is 2. The summed E-state index contributed by atoms with van der Waals surface area (Å²) in [4.78, 5) is 31.8. The third-order valence-electron chi connectivity index (χ3n) is 3.42. The van der Waals surface area contributed by atoms with Crippen LogP contribution in [0.5, 0.6) is 5.88 Å². The third-order valence-corrected chi connectivity index (χ3v) is 3.42. The molecule has 1 aliphatic heterocycles. The monoisotopic (exact) mass is 358 g/mol. The molecular formula is C19H22N2O5. The molecule has 0 aliphatic carbocycles. The van der Waals surface area contributed by atoms with Crippen LogP contribution in [-0.4, -0.2) is 41.7 Å². The van der Waals surface area contributed by atoms with Crippen LogP contribution in [0.4, 0.5) is 0 Å². The van der Waals surface area contributed by atoms with Gasteiger partial charge in [-0.15, -0.1) is 0 Å². The highest BCUT2D eigenvalue weighted by molar-refractivity contribution is 6.02. The minimum atomic E-state index is -0.646. The van der Waals surface area contributed by atoms with E-state index in [0.29, 0.717) is 12.5 Å². The fraction of sp³-hybridized carbons (Fsp3) is 0.368. The summed E-state index contributed by atoms with van der Waals surface area (Å²) in [5.74, 6) is -0.823. The molecule has 0 radical (unpaired) electrons. The second kappa shape index (κ2) is 10.1. The number of nitrogens with zero attached hydrogens (tertiary/aromatic N) is 2. The second-order valence-corrected chi connectivity index (χ2v) is 5.27. The highest BCUT2D eigenvalue weighted by atomic mass is 16.5. The first kappa shape index (κ1) is 19.4. The molecule has 7 heteroatoms. The van der Waals surface area contributed by atoms with Gasteiger partial charge >= 0.3 is 11.9 Å². The Morgan fingerprint density at radius 2 is 1.77 bits per heavy atom. The van der Waals surface area contributed by atoms with Crippen molar-refractivity contribution in [2.24, 2.45) is 0 Å². The van der Waals surface area contributed by atoms with E-state index in [4.69, 9.17) is 14.2 Å². The van der Waals surface area contributed by atoms with Crippen molar-refractivity contribution in [2.45, 2.75) is 26.7 Å². The Morgan fingerprint density at radius 3 is 2.35 bits per heavy atom. The summed E-state index contributed by atoms with van der Waals surface area (Å²) in [7, 11) is 0. The summed E-state index contributed by atoms with van der Waals surface area (Å²) < 4.78 is 15.3. The fourth-order valence-corrected chi connectivity index (χ4v) is 2.31. The van der Waals surface area contributed by atoms with Gasteiger partial charge < -0.3 is 14.2 Å². The second-order valence-electron chi connectivity index (χ2n) is 5.27. The first-order chi connectivity index (χ1) is 12.7. The van der Waals surface area contributed by atoms with Crippen molar-refractivity contribution >= 4 is 11.9 Å². The van der Waals surface area contributed by atoms with Crippen LogP contribution in [0.25, 0.3) is 0 Å². The maximum atomic E-state index is 11.9. The lowest BCUT2D eigenvalue weighted by molar-refractivity contribution is 0.0471. The van der Waals surface area contributed by atoms with Gasteiger partial charge in [-0.05, 0) is 44.9 Å².